The van der Waals surface area contributed by atoms with Gasteiger partial charge in [-0.05, 0) is 49.1 Å². The Morgan fingerprint density at radius 2 is 2.33 bits per heavy atom. The van der Waals surface area contributed by atoms with Crippen LogP contribution in [-0.2, 0) is 4.79 Å². The van der Waals surface area contributed by atoms with Crippen LogP contribution in [0.3, 0.4) is 0 Å². The van der Waals surface area contributed by atoms with E-state index in [4.69, 9.17) is 10.4 Å². The molecule has 1 aromatic rings. The number of nitriles is 1. The average molecular weight is 282 g/mol. The second kappa shape index (κ2) is 5.25. The highest BCUT2D eigenvalue weighted by Gasteiger charge is 2.40. The SMILES string of the molecule is CCN1c2ccc(/C=C(\C#N)C(=O)O)cc2C2CCCC21. The molecule has 3 rings (SSSR count). The minimum atomic E-state index is -1.17. The highest BCUT2D eigenvalue weighted by atomic mass is 16.4. The van der Waals surface area contributed by atoms with Crippen LogP contribution in [0.4, 0.5) is 5.69 Å². The predicted molar refractivity (Wildman–Crippen MR) is 81.1 cm³/mol. The molecule has 108 valence electrons. The predicted octanol–water partition coefficient (Wildman–Crippen LogP) is 3.15. The van der Waals surface area contributed by atoms with Gasteiger partial charge >= 0.3 is 5.97 Å². The van der Waals surface area contributed by atoms with Crippen LogP contribution in [0.15, 0.2) is 23.8 Å². The summed E-state index contributed by atoms with van der Waals surface area (Å²) in [6.45, 7) is 3.18. The molecule has 4 nitrogen and oxygen atoms in total. The van der Waals surface area contributed by atoms with E-state index in [0.717, 1.165) is 12.1 Å². The number of likely N-dealkylation sites (N-methyl/N-ethyl adjacent to an activating group) is 1. The van der Waals surface area contributed by atoms with E-state index in [1.165, 1.54) is 36.6 Å². The molecule has 1 aromatic carbocycles. The molecule has 1 saturated carbocycles. The zero-order chi connectivity index (χ0) is 15.0. The normalized spacial score (nSPS) is 23.6. The fraction of sp³-hybridized carbons (Fsp3) is 0.412. The van der Waals surface area contributed by atoms with Gasteiger partial charge in [-0.25, -0.2) is 4.79 Å². The lowest BCUT2D eigenvalue weighted by Crippen LogP contribution is -2.30. The molecule has 1 aliphatic carbocycles. The van der Waals surface area contributed by atoms with Crippen molar-refractivity contribution in [1.82, 2.24) is 0 Å². The first-order chi connectivity index (χ1) is 10.2. The molecule has 2 aliphatic rings. The number of carboxylic acids is 1. The second-order valence-electron chi connectivity index (χ2n) is 5.68. The van der Waals surface area contributed by atoms with Gasteiger partial charge in [0.05, 0.1) is 0 Å². The molecule has 4 heteroatoms. The first-order valence-corrected chi connectivity index (χ1v) is 7.41. The zero-order valence-electron chi connectivity index (χ0n) is 12.0. The van der Waals surface area contributed by atoms with Crippen molar-refractivity contribution in [3.05, 3.63) is 34.9 Å². The van der Waals surface area contributed by atoms with Gasteiger partial charge in [0.2, 0.25) is 0 Å². The Hall–Kier alpha value is -2.28. The number of hydrogen-bond acceptors (Lipinski definition) is 3. The van der Waals surface area contributed by atoms with Crippen molar-refractivity contribution in [2.24, 2.45) is 0 Å². The first-order valence-electron chi connectivity index (χ1n) is 7.41. The Kier molecular flexibility index (Phi) is 3.42. The standard InChI is InChI=1S/C17H18N2O2/c1-2-19-15-5-3-4-13(15)14-9-11(6-7-16(14)19)8-12(10-18)17(20)21/h6-9,13,15H,2-5H2,1H3,(H,20,21)/b12-8+. The van der Waals surface area contributed by atoms with E-state index in [1.54, 1.807) is 6.07 Å². The van der Waals surface area contributed by atoms with Crippen LogP contribution in [0.1, 0.15) is 43.2 Å². The second-order valence-corrected chi connectivity index (χ2v) is 5.68. The lowest BCUT2D eigenvalue weighted by Gasteiger charge is -2.25. The highest BCUT2D eigenvalue weighted by molar-refractivity contribution is 5.96. The largest absolute Gasteiger partial charge is 0.477 e. The van der Waals surface area contributed by atoms with Crippen LogP contribution < -0.4 is 4.90 Å². The van der Waals surface area contributed by atoms with E-state index < -0.39 is 5.97 Å². The Labute approximate surface area is 124 Å². The fourth-order valence-electron chi connectivity index (χ4n) is 3.79. The van der Waals surface area contributed by atoms with Crippen molar-refractivity contribution >= 4 is 17.7 Å². The van der Waals surface area contributed by atoms with E-state index in [2.05, 4.69) is 24.0 Å². The molecule has 0 spiro atoms. The smallest absolute Gasteiger partial charge is 0.346 e. The third-order valence-corrected chi connectivity index (χ3v) is 4.64. The molecule has 1 heterocycles. The molecule has 1 fully saturated rings. The topological polar surface area (TPSA) is 64.3 Å². The third kappa shape index (κ3) is 2.19. The maximum atomic E-state index is 11.0. The monoisotopic (exact) mass is 282 g/mol. The van der Waals surface area contributed by atoms with E-state index >= 15 is 0 Å². The third-order valence-electron chi connectivity index (χ3n) is 4.64. The van der Waals surface area contributed by atoms with Crippen LogP contribution in [0.2, 0.25) is 0 Å². The van der Waals surface area contributed by atoms with Gasteiger partial charge in [0.15, 0.2) is 0 Å². The van der Waals surface area contributed by atoms with E-state index in [-0.39, 0.29) is 5.57 Å². The van der Waals surface area contributed by atoms with Gasteiger partial charge in [-0.3, -0.25) is 0 Å². The molecule has 1 aliphatic heterocycles. The molecule has 0 radical (unpaired) electrons. The van der Waals surface area contributed by atoms with Crippen LogP contribution >= 0.6 is 0 Å². The van der Waals surface area contributed by atoms with Crippen LogP contribution in [0.5, 0.6) is 0 Å². The Balaban J connectivity index is 2.02. The van der Waals surface area contributed by atoms with Crippen molar-refractivity contribution in [3.8, 4) is 6.07 Å². The molecule has 21 heavy (non-hydrogen) atoms. The Morgan fingerprint density at radius 3 is 3.00 bits per heavy atom. The summed E-state index contributed by atoms with van der Waals surface area (Å²) < 4.78 is 0. The van der Waals surface area contributed by atoms with Crippen molar-refractivity contribution in [2.75, 3.05) is 11.4 Å². The highest BCUT2D eigenvalue weighted by Crippen LogP contribution is 2.49. The van der Waals surface area contributed by atoms with Gasteiger partial charge in [0.25, 0.3) is 0 Å². The van der Waals surface area contributed by atoms with Crippen molar-refractivity contribution in [3.63, 3.8) is 0 Å². The van der Waals surface area contributed by atoms with Gasteiger partial charge in [0, 0.05) is 24.2 Å². The lowest BCUT2D eigenvalue weighted by molar-refractivity contribution is -0.132. The number of nitrogens with zero attached hydrogens (tertiary/aromatic N) is 2. The van der Waals surface area contributed by atoms with Gasteiger partial charge in [-0.15, -0.1) is 0 Å². The van der Waals surface area contributed by atoms with Crippen LogP contribution in [0.25, 0.3) is 6.08 Å². The van der Waals surface area contributed by atoms with Gasteiger partial charge in [0.1, 0.15) is 11.6 Å². The van der Waals surface area contributed by atoms with Gasteiger partial charge < -0.3 is 10.0 Å². The molecule has 0 bridgehead atoms. The summed E-state index contributed by atoms with van der Waals surface area (Å²) in [5.41, 5.74) is 3.17. The number of anilines is 1. The van der Waals surface area contributed by atoms with Crippen molar-refractivity contribution < 1.29 is 9.90 Å². The molecule has 0 aromatic heterocycles. The number of hydrogen-bond donors (Lipinski definition) is 1. The van der Waals surface area contributed by atoms with E-state index in [9.17, 15) is 4.79 Å². The average Bonchev–Trinajstić information content (AvgIpc) is 3.04. The fourth-order valence-corrected chi connectivity index (χ4v) is 3.79. The summed E-state index contributed by atoms with van der Waals surface area (Å²) in [6.07, 6.45) is 5.15. The van der Waals surface area contributed by atoms with Crippen LogP contribution in [0, 0.1) is 11.3 Å². The number of carboxylic acid groups (broad SMARTS) is 1. The van der Waals surface area contributed by atoms with Crippen molar-refractivity contribution in [2.45, 2.75) is 38.1 Å². The molecule has 2 atom stereocenters. The van der Waals surface area contributed by atoms with Gasteiger partial charge in [-0.2, -0.15) is 5.26 Å². The summed E-state index contributed by atoms with van der Waals surface area (Å²) in [6, 6.07) is 8.37. The minimum Gasteiger partial charge on any atom is -0.477 e. The summed E-state index contributed by atoms with van der Waals surface area (Å²) in [5, 5.41) is 17.8. The molecule has 0 amide bonds. The molecule has 1 N–H and O–H groups in total. The van der Waals surface area contributed by atoms with Crippen molar-refractivity contribution in [1.29, 1.82) is 5.26 Å². The molecule has 0 saturated heterocycles. The summed E-state index contributed by atoms with van der Waals surface area (Å²) >= 11 is 0. The van der Waals surface area contributed by atoms with E-state index in [0.29, 0.717) is 12.0 Å². The minimum absolute atomic E-state index is 0.219. The Morgan fingerprint density at radius 1 is 1.52 bits per heavy atom. The lowest BCUT2D eigenvalue weighted by atomic mass is 9.95. The first kappa shape index (κ1) is 13.7. The Bertz CT molecular complexity index is 657. The number of benzene rings is 1. The zero-order valence-corrected chi connectivity index (χ0v) is 12.0. The maximum absolute atomic E-state index is 11.0. The number of fused-ring (bicyclic) bond motifs is 3. The number of aliphatic carboxylic acids is 1. The molecule has 2 unspecified atom stereocenters. The molecular weight excluding hydrogens is 264 g/mol. The summed E-state index contributed by atoms with van der Waals surface area (Å²) in [4.78, 5) is 13.4. The van der Waals surface area contributed by atoms with Gasteiger partial charge in [-0.1, -0.05) is 12.5 Å². The quantitative estimate of drug-likeness (QED) is 0.683. The number of carbonyl (C=O) groups is 1. The number of rotatable bonds is 3. The van der Waals surface area contributed by atoms with E-state index in [1.807, 2.05) is 6.07 Å². The van der Waals surface area contributed by atoms with Crippen LogP contribution in [-0.4, -0.2) is 23.7 Å². The summed E-state index contributed by atoms with van der Waals surface area (Å²) in [7, 11) is 0. The summed E-state index contributed by atoms with van der Waals surface area (Å²) in [5.74, 6) is -0.615. The maximum Gasteiger partial charge on any atom is 0.346 e. The molecular formula is C17H18N2O2.